The van der Waals surface area contributed by atoms with Gasteiger partial charge in [0.05, 0.1) is 7.11 Å². The molecule has 6 heteroatoms. The lowest BCUT2D eigenvalue weighted by Crippen LogP contribution is -2.29. The fourth-order valence-electron chi connectivity index (χ4n) is 2.56. The molecular weight excluding hydrogens is 308 g/mol. The van der Waals surface area contributed by atoms with E-state index in [2.05, 4.69) is 5.32 Å². The third-order valence-electron chi connectivity index (χ3n) is 4.02. The second-order valence-corrected chi connectivity index (χ2v) is 5.97. The summed E-state index contributed by atoms with van der Waals surface area (Å²) < 4.78 is 10.5. The van der Waals surface area contributed by atoms with E-state index in [1.165, 1.54) is 0 Å². The van der Waals surface area contributed by atoms with E-state index in [0.29, 0.717) is 29.9 Å². The molecule has 0 fully saturated rings. The Labute approximate surface area is 141 Å². The number of fused-ring (bicyclic) bond motifs is 1. The Balaban J connectivity index is 2.12. The van der Waals surface area contributed by atoms with Crippen LogP contribution in [0.1, 0.15) is 30.9 Å². The van der Waals surface area contributed by atoms with Crippen molar-refractivity contribution in [2.24, 2.45) is 5.73 Å². The van der Waals surface area contributed by atoms with Gasteiger partial charge >= 0.3 is 5.63 Å². The Morgan fingerprint density at radius 1 is 1.42 bits per heavy atom. The fourth-order valence-corrected chi connectivity index (χ4v) is 2.56. The molecule has 2 aromatic rings. The molecule has 1 amide bonds. The SMILES string of the molecule is COc1ccc2c(C)c(CCC(=O)NCCC(C)N)c(=O)oc2c1. The number of aryl methyl sites for hydroxylation is 1. The summed E-state index contributed by atoms with van der Waals surface area (Å²) in [6.07, 6.45) is 1.32. The van der Waals surface area contributed by atoms with Gasteiger partial charge in [0.25, 0.3) is 0 Å². The van der Waals surface area contributed by atoms with Gasteiger partial charge in [-0.1, -0.05) is 0 Å². The third kappa shape index (κ3) is 4.35. The zero-order valence-corrected chi connectivity index (χ0v) is 14.3. The first-order valence-corrected chi connectivity index (χ1v) is 8.05. The number of ether oxygens (including phenoxy) is 1. The molecule has 0 aliphatic rings. The lowest BCUT2D eigenvalue weighted by Gasteiger charge is -2.10. The van der Waals surface area contributed by atoms with Crippen molar-refractivity contribution in [1.29, 1.82) is 0 Å². The van der Waals surface area contributed by atoms with Crippen molar-refractivity contribution in [2.75, 3.05) is 13.7 Å². The highest BCUT2D eigenvalue weighted by Crippen LogP contribution is 2.24. The van der Waals surface area contributed by atoms with Gasteiger partial charge in [0.1, 0.15) is 11.3 Å². The van der Waals surface area contributed by atoms with Crippen LogP contribution in [0.5, 0.6) is 5.75 Å². The van der Waals surface area contributed by atoms with Crippen LogP contribution >= 0.6 is 0 Å². The molecule has 2 rings (SSSR count). The van der Waals surface area contributed by atoms with E-state index in [1.54, 1.807) is 13.2 Å². The predicted molar refractivity (Wildman–Crippen MR) is 93.4 cm³/mol. The van der Waals surface area contributed by atoms with Crippen molar-refractivity contribution in [2.45, 2.75) is 39.2 Å². The lowest BCUT2D eigenvalue weighted by atomic mass is 10.0. The molecular formula is C18H24N2O4. The number of carbonyl (C=O) groups is 1. The molecule has 0 saturated carbocycles. The lowest BCUT2D eigenvalue weighted by molar-refractivity contribution is -0.121. The van der Waals surface area contributed by atoms with E-state index in [9.17, 15) is 9.59 Å². The number of benzene rings is 1. The highest BCUT2D eigenvalue weighted by molar-refractivity contribution is 5.82. The highest BCUT2D eigenvalue weighted by atomic mass is 16.5. The van der Waals surface area contributed by atoms with Crippen molar-refractivity contribution < 1.29 is 13.9 Å². The van der Waals surface area contributed by atoms with Gasteiger partial charge in [-0.05, 0) is 44.4 Å². The van der Waals surface area contributed by atoms with Crippen molar-refractivity contribution in [3.8, 4) is 5.75 Å². The monoisotopic (exact) mass is 332 g/mol. The number of methoxy groups -OCH3 is 1. The smallest absolute Gasteiger partial charge is 0.339 e. The van der Waals surface area contributed by atoms with E-state index in [-0.39, 0.29) is 18.4 Å². The minimum atomic E-state index is -0.406. The maximum absolute atomic E-state index is 12.2. The molecule has 6 nitrogen and oxygen atoms in total. The molecule has 24 heavy (non-hydrogen) atoms. The number of nitrogens with one attached hydrogen (secondary N) is 1. The summed E-state index contributed by atoms with van der Waals surface area (Å²) in [5.41, 5.74) is 7.10. The summed E-state index contributed by atoms with van der Waals surface area (Å²) in [7, 11) is 1.56. The molecule has 1 heterocycles. The predicted octanol–water partition coefficient (Wildman–Crippen LogP) is 1.90. The van der Waals surface area contributed by atoms with Crippen LogP contribution in [0, 0.1) is 6.92 Å². The molecule has 0 saturated heterocycles. The molecule has 1 atom stereocenters. The molecule has 1 aromatic heterocycles. The maximum Gasteiger partial charge on any atom is 0.339 e. The first-order valence-electron chi connectivity index (χ1n) is 8.05. The average molecular weight is 332 g/mol. The van der Waals surface area contributed by atoms with Crippen LogP contribution in [-0.2, 0) is 11.2 Å². The van der Waals surface area contributed by atoms with E-state index in [4.69, 9.17) is 14.9 Å². The van der Waals surface area contributed by atoms with E-state index in [1.807, 2.05) is 26.0 Å². The molecule has 1 unspecified atom stereocenters. The van der Waals surface area contributed by atoms with Gasteiger partial charge in [-0.15, -0.1) is 0 Å². The van der Waals surface area contributed by atoms with Crippen LogP contribution in [0.3, 0.4) is 0 Å². The topological polar surface area (TPSA) is 94.6 Å². The third-order valence-corrected chi connectivity index (χ3v) is 4.02. The number of nitrogens with two attached hydrogens (primary N) is 1. The Bertz CT molecular complexity index is 780. The number of amides is 1. The molecule has 0 bridgehead atoms. The standard InChI is InChI=1S/C18H24N2O4/c1-11(19)8-9-20-17(21)7-6-15-12(2)14-5-4-13(23-3)10-16(14)24-18(15)22/h4-5,10-11H,6-9,19H2,1-3H3,(H,20,21). The first kappa shape index (κ1) is 18.0. The Kier molecular flexibility index (Phi) is 5.98. The summed E-state index contributed by atoms with van der Waals surface area (Å²) >= 11 is 0. The number of hydrogen-bond donors (Lipinski definition) is 2. The van der Waals surface area contributed by atoms with Gasteiger partial charge in [-0.25, -0.2) is 4.79 Å². The summed E-state index contributed by atoms with van der Waals surface area (Å²) in [5.74, 6) is 0.538. The van der Waals surface area contributed by atoms with Gasteiger partial charge in [0.15, 0.2) is 0 Å². The van der Waals surface area contributed by atoms with Crippen LogP contribution < -0.4 is 21.4 Å². The number of carbonyl (C=O) groups excluding carboxylic acids is 1. The van der Waals surface area contributed by atoms with Crippen LogP contribution in [0.2, 0.25) is 0 Å². The van der Waals surface area contributed by atoms with Gasteiger partial charge in [0, 0.05) is 36.0 Å². The van der Waals surface area contributed by atoms with Crippen molar-refractivity contribution in [3.05, 3.63) is 39.7 Å². The van der Waals surface area contributed by atoms with E-state index < -0.39 is 5.63 Å². The van der Waals surface area contributed by atoms with Crippen molar-refractivity contribution >= 4 is 16.9 Å². The van der Waals surface area contributed by atoms with Gasteiger partial charge in [0.2, 0.25) is 5.91 Å². The van der Waals surface area contributed by atoms with Crippen molar-refractivity contribution in [3.63, 3.8) is 0 Å². The van der Waals surface area contributed by atoms with E-state index in [0.717, 1.165) is 17.4 Å². The summed E-state index contributed by atoms with van der Waals surface area (Å²) in [6, 6.07) is 5.42. The molecule has 0 radical (unpaired) electrons. The molecule has 1 aromatic carbocycles. The Morgan fingerprint density at radius 3 is 2.83 bits per heavy atom. The molecule has 0 spiro atoms. The minimum Gasteiger partial charge on any atom is -0.497 e. The molecule has 130 valence electrons. The molecule has 0 aliphatic carbocycles. The first-order chi connectivity index (χ1) is 11.4. The van der Waals surface area contributed by atoms with Crippen LogP contribution in [0.4, 0.5) is 0 Å². The van der Waals surface area contributed by atoms with Crippen molar-refractivity contribution in [1.82, 2.24) is 5.32 Å². The summed E-state index contributed by atoms with van der Waals surface area (Å²) in [6.45, 7) is 4.31. The van der Waals surface area contributed by atoms with Gasteiger partial charge < -0.3 is 20.2 Å². The minimum absolute atomic E-state index is 0.0528. The molecule has 0 aliphatic heterocycles. The van der Waals surface area contributed by atoms with Gasteiger partial charge in [-0.2, -0.15) is 0 Å². The van der Waals surface area contributed by atoms with Crippen LogP contribution in [0.25, 0.3) is 11.0 Å². The normalized spacial score (nSPS) is 12.2. The second-order valence-electron chi connectivity index (χ2n) is 5.97. The second kappa shape index (κ2) is 7.97. The average Bonchev–Trinajstić information content (AvgIpc) is 2.53. The number of hydrogen-bond acceptors (Lipinski definition) is 5. The molecule has 3 N–H and O–H groups in total. The zero-order chi connectivity index (χ0) is 17.7. The van der Waals surface area contributed by atoms with Crippen LogP contribution in [-0.4, -0.2) is 25.6 Å². The Hall–Kier alpha value is -2.34. The van der Waals surface area contributed by atoms with E-state index >= 15 is 0 Å². The Morgan fingerprint density at radius 2 is 2.17 bits per heavy atom. The maximum atomic E-state index is 12.2. The largest absolute Gasteiger partial charge is 0.497 e. The summed E-state index contributed by atoms with van der Waals surface area (Å²) in [5, 5.41) is 3.66. The van der Waals surface area contributed by atoms with Gasteiger partial charge in [-0.3, -0.25) is 4.79 Å². The van der Waals surface area contributed by atoms with Crippen LogP contribution in [0.15, 0.2) is 27.4 Å². The quantitative estimate of drug-likeness (QED) is 0.755. The number of rotatable bonds is 7. The fraction of sp³-hybridized carbons (Fsp3) is 0.444. The highest BCUT2D eigenvalue weighted by Gasteiger charge is 2.13. The zero-order valence-electron chi connectivity index (χ0n) is 14.3. The summed E-state index contributed by atoms with van der Waals surface area (Å²) in [4.78, 5) is 24.1.